The van der Waals surface area contributed by atoms with Gasteiger partial charge >= 0.3 is 5.97 Å². The summed E-state index contributed by atoms with van der Waals surface area (Å²) < 4.78 is 6.08. The van der Waals surface area contributed by atoms with E-state index in [9.17, 15) is 14.7 Å². The topological polar surface area (TPSA) is 109 Å². The van der Waals surface area contributed by atoms with Crippen molar-refractivity contribution in [3.05, 3.63) is 84.2 Å². The lowest BCUT2D eigenvalue weighted by Crippen LogP contribution is -2.36. The first-order valence-electron chi connectivity index (χ1n) is 13.0. The van der Waals surface area contributed by atoms with Crippen molar-refractivity contribution in [2.45, 2.75) is 32.7 Å². The molecule has 1 aliphatic heterocycles. The number of amides is 1. The molecular formula is C31H28N4O4. The van der Waals surface area contributed by atoms with Gasteiger partial charge in [-0.3, -0.25) is 4.79 Å². The zero-order valence-electron chi connectivity index (χ0n) is 21.7. The van der Waals surface area contributed by atoms with Gasteiger partial charge in [0.15, 0.2) is 11.4 Å². The van der Waals surface area contributed by atoms with E-state index in [4.69, 9.17) is 4.42 Å². The summed E-state index contributed by atoms with van der Waals surface area (Å²) >= 11 is 0. The first-order valence-corrected chi connectivity index (χ1v) is 13.0. The molecule has 0 saturated carbocycles. The number of aliphatic carboxylic acids is 1. The lowest BCUT2D eigenvalue weighted by molar-refractivity contribution is -0.138. The molecule has 5 aromatic rings. The third-order valence-electron chi connectivity index (χ3n) is 7.25. The molecule has 3 aromatic carbocycles. The summed E-state index contributed by atoms with van der Waals surface area (Å²) in [7, 11) is 0. The van der Waals surface area contributed by atoms with E-state index in [0.717, 1.165) is 16.5 Å². The maximum Gasteiger partial charge on any atom is 0.326 e. The minimum Gasteiger partial charge on any atom is -0.480 e. The average Bonchev–Trinajstić information content (AvgIpc) is 3.50. The molecule has 6 rings (SSSR count). The Morgan fingerprint density at radius 2 is 1.79 bits per heavy atom. The summed E-state index contributed by atoms with van der Waals surface area (Å²) in [6.45, 7) is 4.22. The van der Waals surface area contributed by atoms with Crippen LogP contribution in [-0.4, -0.2) is 39.5 Å². The summed E-state index contributed by atoms with van der Waals surface area (Å²) in [5.41, 5.74) is 5.88. The van der Waals surface area contributed by atoms with Crippen molar-refractivity contribution in [3.63, 3.8) is 0 Å². The number of hydrogen-bond acceptors (Lipinski definition) is 6. The predicted octanol–water partition coefficient (Wildman–Crippen LogP) is 5.97. The van der Waals surface area contributed by atoms with Crippen LogP contribution >= 0.6 is 0 Å². The van der Waals surface area contributed by atoms with Gasteiger partial charge in [-0.15, -0.1) is 0 Å². The number of aromatic nitrogens is 2. The van der Waals surface area contributed by atoms with Crippen LogP contribution in [0.4, 0.5) is 11.5 Å². The van der Waals surface area contributed by atoms with Crippen LogP contribution in [-0.2, 0) is 9.59 Å². The van der Waals surface area contributed by atoms with Gasteiger partial charge in [0, 0.05) is 24.0 Å². The quantitative estimate of drug-likeness (QED) is 0.284. The van der Waals surface area contributed by atoms with Crippen molar-refractivity contribution in [2.24, 2.45) is 5.92 Å². The number of nitrogens with zero attached hydrogens (tertiary/aromatic N) is 3. The van der Waals surface area contributed by atoms with Crippen LogP contribution in [0.3, 0.4) is 0 Å². The monoisotopic (exact) mass is 520 g/mol. The second kappa shape index (κ2) is 9.87. The number of hydrogen-bond donors (Lipinski definition) is 2. The molecule has 0 bridgehead atoms. The molecule has 0 spiro atoms. The van der Waals surface area contributed by atoms with Crippen molar-refractivity contribution in [3.8, 4) is 11.1 Å². The molecular weight excluding hydrogens is 492 g/mol. The standard InChI is InChI=1S/C31H28N4O4/c1-18-6-5-7-22(14-18)21-10-12-23(13-11-21)34-27(36)16-20-15-25(31(37)38)35(17-20)30-29-28(32-19(2)33-30)24-8-3-4-9-26(24)39-29/h3-14,20,25H,15-17H2,1-2H3,(H,34,36)(H,37,38)/t20-,25+/m1/s1. The number of rotatable bonds is 6. The highest BCUT2D eigenvalue weighted by atomic mass is 16.4. The number of nitrogens with one attached hydrogen (secondary N) is 1. The lowest BCUT2D eigenvalue weighted by Gasteiger charge is -2.22. The first kappa shape index (κ1) is 24.6. The van der Waals surface area contributed by atoms with E-state index in [1.54, 1.807) is 11.8 Å². The van der Waals surface area contributed by atoms with Gasteiger partial charge in [-0.2, -0.15) is 0 Å². The Bertz CT molecular complexity index is 1710. The Morgan fingerprint density at radius 3 is 2.56 bits per heavy atom. The second-order valence-corrected chi connectivity index (χ2v) is 10.2. The molecule has 3 heterocycles. The summed E-state index contributed by atoms with van der Waals surface area (Å²) in [6, 6.07) is 22.8. The van der Waals surface area contributed by atoms with Crippen LogP contribution in [0.5, 0.6) is 0 Å². The van der Waals surface area contributed by atoms with E-state index in [0.29, 0.717) is 47.0 Å². The number of furan rings is 1. The van der Waals surface area contributed by atoms with Gasteiger partial charge in [0.25, 0.3) is 0 Å². The molecule has 0 unspecified atom stereocenters. The summed E-state index contributed by atoms with van der Waals surface area (Å²) in [5, 5.41) is 13.9. The molecule has 1 saturated heterocycles. The van der Waals surface area contributed by atoms with Crippen molar-refractivity contribution in [1.82, 2.24) is 9.97 Å². The molecule has 196 valence electrons. The van der Waals surface area contributed by atoms with Crippen LogP contribution in [0.15, 0.2) is 77.2 Å². The Morgan fingerprint density at radius 1 is 1.00 bits per heavy atom. The predicted molar refractivity (Wildman–Crippen MR) is 151 cm³/mol. The molecule has 1 aliphatic rings. The van der Waals surface area contributed by atoms with Gasteiger partial charge in [-0.1, -0.05) is 54.1 Å². The van der Waals surface area contributed by atoms with Gasteiger partial charge in [-0.05, 0) is 61.6 Å². The highest BCUT2D eigenvalue weighted by Gasteiger charge is 2.40. The largest absolute Gasteiger partial charge is 0.480 e. The second-order valence-electron chi connectivity index (χ2n) is 10.2. The molecule has 39 heavy (non-hydrogen) atoms. The van der Waals surface area contributed by atoms with Gasteiger partial charge in [-0.25, -0.2) is 14.8 Å². The number of benzene rings is 3. The van der Waals surface area contributed by atoms with Crippen LogP contribution < -0.4 is 10.2 Å². The molecule has 2 atom stereocenters. The zero-order chi connectivity index (χ0) is 27.1. The number of carbonyl (C=O) groups excluding carboxylic acids is 1. The molecule has 2 aromatic heterocycles. The minimum absolute atomic E-state index is 0.151. The molecule has 1 fully saturated rings. The zero-order valence-corrected chi connectivity index (χ0v) is 21.7. The number of para-hydroxylation sites is 1. The molecule has 8 heteroatoms. The number of carbonyl (C=O) groups is 2. The third-order valence-corrected chi connectivity index (χ3v) is 7.25. The van der Waals surface area contributed by atoms with E-state index >= 15 is 0 Å². The van der Waals surface area contributed by atoms with Crippen LogP contribution in [0.2, 0.25) is 0 Å². The van der Waals surface area contributed by atoms with Crippen LogP contribution in [0, 0.1) is 19.8 Å². The van der Waals surface area contributed by atoms with E-state index in [2.05, 4.69) is 40.4 Å². The van der Waals surface area contributed by atoms with Crippen molar-refractivity contribution >= 4 is 45.5 Å². The Balaban J connectivity index is 1.20. The third kappa shape index (κ3) is 4.81. The number of fused-ring (bicyclic) bond motifs is 3. The Hall–Kier alpha value is -4.72. The molecule has 0 radical (unpaired) electrons. The van der Waals surface area contributed by atoms with E-state index < -0.39 is 12.0 Å². The smallest absolute Gasteiger partial charge is 0.326 e. The first-order chi connectivity index (χ1) is 18.9. The molecule has 0 aliphatic carbocycles. The van der Waals surface area contributed by atoms with E-state index in [-0.39, 0.29) is 18.2 Å². The normalized spacial score (nSPS) is 17.1. The number of anilines is 2. The van der Waals surface area contributed by atoms with Gasteiger partial charge < -0.3 is 19.7 Å². The molecule has 2 N–H and O–H groups in total. The van der Waals surface area contributed by atoms with Gasteiger partial charge in [0.05, 0.1) is 0 Å². The summed E-state index contributed by atoms with van der Waals surface area (Å²) in [6.07, 6.45) is 0.535. The van der Waals surface area contributed by atoms with E-state index in [1.807, 2.05) is 54.6 Å². The average molecular weight is 521 g/mol. The number of carboxylic acid groups (broad SMARTS) is 1. The summed E-state index contributed by atoms with van der Waals surface area (Å²) in [5.74, 6) is -0.279. The number of aryl methyl sites for hydroxylation is 2. The van der Waals surface area contributed by atoms with Gasteiger partial charge in [0.1, 0.15) is 23.0 Å². The molecule has 1 amide bonds. The van der Waals surface area contributed by atoms with Crippen LogP contribution in [0.25, 0.3) is 33.2 Å². The maximum atomic E-state index is 13.0. The highest BCUT2D eigenvalue weighted by Crippen LogP contribution is 2.37. The Kier molecular flexibility index (Phi) is 6.23. The SMILES string of the molecule is Cc1cccc(-c2ccc(NC(=O)C[C@H]3C[C@@H](C(=O)O)N(c4nc(C)nc5c4oc4ccccc45)C3)cc2)c1. The lowest BCUT2D eigenvalue weighted by atomic mass is 10.0. The molecule has 8 nitrogen and oxygen atoms in total. The summed E-state index contributed by atoms with van der Waals surface area (Å²) in [4.78, 5) is 36.1. The van der Waals surface area contributed by atoms with Crippen molar-refractivity contribution in [1.29, 1.82) is 0 Å². The van der Waals surface area contributed by atoms with Crippen molar-refractivity contribution in [2.75, 3.05) is 16.8 Å². The van der Waals surface area contributed by atoms with E-state index in [1.165, 1.54) is 5.56 Å². The fourth-order valence-corrected chi connectivity index (χ4v) is 5.46. The maximum absolute atomic E-state index is 13.0. The van der Waals surface area contributed by atoms with Gasteiger partial charge in [0.2, 0.25) is 5.91 Å². The minimum atomic E-state index is -0.954. The fourth-order valence-electron chi connectivity index (χ4n) is 5.46. The highest BCUT2D eigenvalue weighted by molar-refractivity contribution is 6.06. The number of carboxylic acids is 1. The fraction of sp³-hybridized carbons (Fsp3) is 0.226. The van der Waals surface area contributed by atoms with Crippen molar-refractivity contribution < 1.29 is 19.1 Å². The van der Waals surface area contributed by atoms with Crippen LogP contribution in [0.1, 0.15) is 24.2 Å². The Labute approximate surface area is 225 Å².